The summed E-state index contributed by atoms with van der Waals surface area (Å²) >= 11 is 0. The molecule has 2 aromatic carbocycles. The fourth-order valence-electron chi connectivity index (χ4n) is 2.44. The Morgan fingerprint density at radius 3 is 2.36 bits per heavy atom. The number of unbranched alkanes of at least 4 members (excludes halogenated alkanes) is 3. The lowest BCUT2D eigenvalue weighted by Gasteiger charge is -2.10. The van der Waals surface area contributed by atoms with Crippen molar-refractivity contribution in [3.8, 4) is 11.5 Å². The van der Waals surface area contributed by atoms with Crippen molar-refractivity contribution in [2.45, 2.75) is 39.0 Å². The number of ether oxygens (including phenoxy) is 2. The Bertz CT molecular complexity index is 628. The Balaban J connectivity index is 1.70. The molecule has 0 fully saturated rings. The van der Waals surface area contributed by atoms with Gasteiger partial charge < -0.3 is 14.8 Å². The van der Waals surface area contributed by atoms with Gasteiger partial charge in [-0.3, -0.25) is 4.79 Å². The molecule has 0 bridgehead atoms. The molecule has 0 radical (unpaired) electrons. The molecule has 0 spiro atoms. The van der Waals surface area contributed by atoms with E-state index in [1.54, 1.807) is 0 Å². The smallest absolute Gasteiger partial charge is 0.224 e. The van der Waals surface area contributed by atoms with Gasteiger partial charge >= 0.3 is 0 Å². The highest BCUT2D eigenvalue weighted by Gasteiger charge is 2.03. The Labute approximate surface area is 150 Å². The van der Waals surface area contributed by atoms with Gasteiger partial charge in [-0.15, -0.1) is 0 Å². The minimum Gasteiger partial charge on any atom is -0.490 e. The molecule has 1 amide bonds. The van der Waals surface area contributed by atoms with E-state index in [4.69, 9.17) is 9.47 Å². The zero-order valence-electron chi connectivity index (χ0n) is 14.9. The van der Waals surface area contributed by atoms with Gasteiger partial charge in [0.05, 0.1) is 0 Å². The van der Waals surface area contributed by atoms with Gasteiger partial charge in [0.2, 0.25) is 5.91 Å². The highest BCUT2D eigenvalue weighted by Crippen LogP contribution is 2.18. The van der Waals surface area contributed by atoms with Crippen LogP contribution in [0.15, 0.2) is 54.6 Å². The number of carbonyl (C=O) groups excluding carboxylic acids is 1. The van der Waals surface area contributed by atoms with Gasteiger partial charge in [0.1, 0.15) is 24.7 Å². The molecule has 4 nitrogen and oxygen atoms in total. The van der Waals surface area contributed by atoms with Gasteiger partial charge in [0.25, 0.3) is 0 Å². The van der Waals surface area contributed by atoms with Gasteiger partial charge in [-0.05, 0) is 30.7 Å². The van der Waals surface area contributed by atoms with Gasteiger partial charge in [0, 0.05) is 18.2 Å². The number of anilines is 1. The van der Waals surface area contributed by atoms with Gasteiger partial charge in [-0.2, -0.15) is 0 Å². The van der Waals surface area contributed by atoms with E-state index < -0.39 is 0 Å². The maximum Gasteiger partial charge on any atom is 0.224 e. The van der Waals surface area contributed by atoms with E-state index in [0.29, 0.717) is 19.6 Å². The third kappa shape index (κ3) is 7.75. The van der Waals surface area contributed by atoms with Crippen molar-refractivity contribution in [2.24, 2.45) is 0 Å². The lowest BCUT2D eigenvalue weighted by atomic mass is 10.1. The summed E-state index contributed by atoms with van der Waals surface area (Å²) < 4.78 is 11.3. The van der Waals surface area contributed by atoms with Crippen molar-refractivity contribution in [3.05, 3.63) is 54.6 Å². The molecule has 0 aromatic heterocycles. The summed E-state index contributed by atoms with van der Waals surface area (Å²) in [6, 6.07) is 17.1. The first-order valence-corrected chi connectivity index (χ1v) is 8.98. The van der Waals surface area contributed by atoms with Crippen molar-refractivity contribution in [1.82, 2.24) is 0 Å². The first-order chi connectivity index (χ1) is 12.3. The molecule has 0 heterocycles. The molecule has 0 saturated carbocycles. The summed E-state index contributed by atoms with van der Waals surface area (Å²) in [5.41, 5.74) is 0.766. The van der Waals surface area contributed by atoms with Gasteiger partial charge in [-0.25, -0.2) is 0 Å². The fourth-order valence-corrected chi connectivity index (χ4v) is 2.44. The Kier molecular flexibility index (Phi) is 8.39. The quantitative estimate of drug-likeness (QED) is 0.582. The molecule has 0 aliphatic rings. The van der Waals surface area contributed by atoms with Crippen LogP contribution in [0, 0.1) is 0 Å². The molecule has 0 aliphatic heterocycles. The van der Waals surface area contributed by atoms with Crippen LogP contribution in [-0.2, 0) is 4.79 Å². The van der Waals surface area contributed by atoms with Crippen LogP contribution in [0.4, 0.5) is 5.69 Å². The molecule has 25 heavy (non-hydrogen) atoms. The summed E-state index contributed by atoms with van der Waals surface area (Å²) in [4.78, 5) is 11.9. The predicted octanol–water partition coefficient (Wildman–Crippen LogP) is 5.05. The molecule has 0 saturated heterocycles. The highest BCUT2D eigenvalue weighted by molar-refractivity contribution is 5.90. The van der Waals surface area contributed by atoms with Crippen LogP contribution in [0.1, 0.15) is 39.0 Å². The van der Waals surface area contributed by atoms with Crippen molar-refractivity contribution in [3.63, 3.8) is 0 Å². The lowest BCUT2D eigenvalue weighted by Crippen LogP contribution is -2.12. The Hall–Kier alpha value is -2.49. The number of hydrogen-bond donors (Lipinski definition) is 1. The molecular formula is C21H27NO3. The van der Waals surface area contributed by atoms with Crippen molar-refractivity contribution >= 4 is 11.6 Å². The number of amides is 1. The van der Waals surface area contributed by atoms with E-state index in [-0.39, 0.29) is 5.91 Å². The van der Waals surface area contributed by atoms with E-state index in [9.17, 15) is 4.79 Å². The normalized spacial score (nSPS) is 10.3. The standard InChI is InChI=1S/C21H27NO3/c1-2-3-4-8-14-21(23)22-18-10-9-13-20(17-18)25-16-15-24-19-11-6-5-7-12-19/h5-7,9-13,17H,2-4,8,14-16H2,1H3,(H,22,23). The van der Waals surface area contributed by atoms with Crippen LogP contribution < -0.4 is 14.8 Å². The largest absolute Gasteiger partial charge is 0.490 e. The Morgan fingerprint density at radius 1 is 0.880 bits per heavy atom. The minimum absolute atomic E-state index is 0.0562. The van der Waals surface area contributed by atoms with Crippen molar-refractivity contribution in [1.29, 1.82) is 0 Å². The third-order valence-electron chi connectivity index (χ3n) is 3.74. The molecule has 2 aromatic rings. The van der Waals surface area contributed by atoms with Crippen molar-refractivity contribution < 1.29 is 14.3 Å². The average Bonchev–Trinajstić information content (AvgIpc) is 2.64. The fraction of sp³-hybridized carbons (Fsp3) is 0.381. The van der Waals surface area contributed by atoms with E-state index in [0.717, 1.165) is 30.0 Å². The first kappa shape index (κ1) is 18.8. The molecule has 0 unspecified atom stereocenters. The van der Waals surface area contributed by atoms with Crippen LogP contribution >= 0.6 is 0 Å². The SMILES string of the molecule is CCCCCCC(=O)Nc1cccc(OCCOc2ccccc2)c1. The van der Waals surface area contributed by atoms with Crippen LogP contribution in [0.2, 0.25) is 0 Å². The van der Waals surface area contributed by atoms with Crippen LogP contribution in [0.5, 0.6) is 11.5 Å². The predicted molar refractivity (Wildman–Crippen MR) is 101 cm³/mol. The second kappa shape index (κ2) is 11.1. The van der Waals surface area contributed by atoms with E-state index in [1.807, 2.05) is 54.6 Å². The molecule has 0 atom stereocenters. The second-order valence-electron chi connectivity index (χ2n) is 5.90. The highest BCUT2D eigenvalue weighted by atomic mass is 16.5. The molecule has 2 rings (SSSR count). The lowest BCUT2D eigenvalue weighted by molar-refractivity contribution is -0.116. The summed E-state index contributed by atoms with van der Waals surface area (Å²) in [5, 5.41) is 2.93. The Morgan fingerprint density at radius 2 is 1.60 bits per heavy atom. The molecule has 1 N–H and O–H groups in total. The maximum atomic E-state index is 11.9. The van der Waals surface area contributed by atoms with E-state index in [1.165, 1.54) is 12.8 Å². The number of benzene rings is 2. The van der Waals surface area contributed by atoms with Gasteiger partial charge in [-0.1, -0.05) is 50.5 Å². The monoisotopic (exact) mass is 341 g/mol. The van der Waals surface area contributed by atoms with Crippen molar-refractivity contribution in [2.75, 3.05) is 18.5 Å². The zero-order valence-corrected chi connectivity index (χ0v) is 14.9. The topological polar surface area (TPSA) is 47.6 Å². The number of rotatable bonds is 11. The van der Waals surface area contributed by atoms with Crippen LogP contribution in [-0.4, -0.2) is 19.1 Å². The molecule has 0 aliphatic carbocycles. The minimum atomic E-state index is 0.0562. The molecular weight excluding hydrogens is 314 g/mol. The van der Waals surface area contributed by atoms with E-state index in [2.05, 4.69) is 12.2 Å². The summed E-state index contributed by atoms with van der Waals surface area (Å²) in [5.74, 6) is 1.61. The summed E-state index contributed by atoms with van der Waals surface area (Å²) in [7, 11) is 0. The number of nitrogens with one attached hydrogen (secondary N) is 1. The summed E-state index contributed by atoms with van der Waals surface area (Å²) in [6.45, 7) is 3.08. The average molecular weight is 341 g/mol. The molecule has 4 heteroatoms. The molecule has 134 valence electrons. The maximum absolute atomic E-state index is 11.9. The van der Waals surface area contributed by atoms with Gasteiger partial charge in [0.15, 0.2) is 0 Å². The second-order valence-corrected chi connectivity index (χ2v) is 5.90. The zero-order chi connectivity index (χ0) is 17.7. The first-order valence-electron chi connectivity index (χ1n) is 8.98. The van der Waals surface area contributed by atoms with Crippen LogP contribution in [0.3, 0.4) is 0 Å². The summed E-state index contributed by atoms with van der Waals surface area (Å²) in [6.07, 6.45) is 4.97. The third-order valence-corrected chi connectivity index (χ3v) is 3.74. The van der Waals surface area contributed by atoms with Crippen LogP contribution in [0.25, 0.3) is 0 Å². The van der Waals surface area contributed by atoms with E-state index >= 15 is 0 Å². The number of hydrogen-bond acceptors (Lipinski definition) is 3. The number of para-hydroxylation sites is 1. The number of carbonyl (C=O) groups is 1.